The summed E-state index contributed by atoms with van der Waals surface area (Å²) in [5.41, 5.74) is 0.741. The van der Waals surface area contributed by atoms with Gasteiger partial charge in [0.1, 0.15) is 5.60 Å². The zero-order valence-corrected chi connectivity index (χ0v) is 13.5. The van der Waals surface area contributed by atoms with Crippen LogP contribution in [0.5, 0.6) is 0 Å². The molecule has 2 rings (SSSR count). The standard InChI is InChI=1S/C18H22ClNO/c1-14(13-20(2)3)18(21,15-7-5-4-6-8-15)16-9-11-17(19)12-10-16/h4-12,14,21H,13H2,1-3H3/t14-,18-/m1/s1. The summed E-state index contributed by atoms with van der Waals surface area (Å²) in [5, 5.41) is 12.2. The Morgan fingerprint density at radius 1 is 1.00 bits per heavy atom. The maximum absolute atomic E-state index is 11.5. The second-order valence-corrected chi connectivity index (χ2v) is 6.24. The van der Waals surface area contributed by atoms with Gasteiger partial charge in [0.15, 0.2) is 0 Å². The largest absolute Gasteiger partial charge is 0.380 e. The quantitative estimate of drug-likeness (QED) is 0.909. The highest BCUT2D eigenvalue weighted by Crippen LogP contribution is 2.37. The topological polar surface area (TPSA) is 23.5 Å². The molecule has 21 heavy (non-hydrogen) atoms. The van der Waals surface area contributed by atoms with Crippen LogP contribution in [0.25, 0.3) is 0 Å². The van der Waals surface area contributed by atoms with Gasteiger partial charge in [-0.2, -0.15) is 0 Å². The van der Waals surface area contributed by atoms with E-state index in [0.717, 1.165) is 17.7 Å². The summed E-state index contributed by atoms with van der Waals surface area (Å²) in [7, 11) is 4.04. The zero-order valence-electron chi connectivity index (χ0n) is 12.8. The van der Waals surface area contributed by atoms with Crippen LogP contribution in [0.3, 0.4) is 0 Å². The van der Waals surface area contributed by atoms with Crippen LogP contribution >= 0.6 is 11.6 Å². The molecule has 112 valence electrons. The first kappa shape index (κ1) is 16.0. The smallest absolute Gasteiger partial charge is 0.118 e. The van der Waals surface area contributed by atoms with Crippen molar-refractivity contribution in [1.82, 2.24) is 4.90 Å². The fourth-order valence-electron chi connectivity index (χ4n) is 2.81. The van der Waals surface area contributed by atoms with Crippen LogP contribution in [-0.2, 0) is 5.60 Å². The molecule has 0 aliphatic carbocycles. The summed E-state index contributed by atoms with van der Waals surface area (Å²) in [6, 6.07) is 17.3. The summed E-state index contributed by atoms with van der Waals surface area (Å²) >= 11 is 5.98. The molecule has 0 bridgehead atoms. The van der Waals surface area contributed by atoms with E-state index in [2.05, 4.69) is 11.8 Å². The first-order chi connectivity index (χ1) is 9.94. The Morgan fingerprint density at radius 2 is 1.52 bits per heavy atom. The van der Waals surface area contributed by atoms with Gasteiger partial charge in [0.05, 0.1) is 0 Å². The van der Waals surface area contributed by atoms with Crippen molar-refractivity contribution in [2.45, 2.75) is 12.5 Å². The lowest BCUT2D eigenvalue weighted by molar-refractivity contribution is 0.0134. The molecule has 0 spiro atoms. The first-order valence-corrected chi connectivity index (χ1v) is 7.51. The highest BCUT2D eigenvalue weighted by Gasteiger charge is 2.37. The lowest BCUT2D eigenvalue weighted by atomic mass is 9.76. The van der Waals surface area contributed by atoms with E-state index in [1.54, 1.807) is 0 Å². The van der Waals surface area contributed by atoms with E-state index >= 15 is 0 Å². The molecule has 2 aromatic rings. The second kappa shape index (κ2) is 6.61. The van der Waals surface area contributed by atoms with Gasteiger partial charge in [-0.15, -0.1) is 0 Å². The van der Waals surface area contributed by atoms with E-state index in [4.69, 9.17) is 11.6 Å². The number of hydrogen-bond acceptors (Lipinski definition) is 2. The fraction of sp³-hybridized carbons (Fsp3) is 0.333. The zero-order chi connectivity index (χ0) is 15.5. The summed E-state index contributed by atoms with van der Waals surface area (Å²) in [4.78, 5) is 2.09. The Bertz CT molecular complexity index is 568. The predicted octanol–water partition coefficient (Wildman–Crippen LogP) is 3.77. The summed E-state index contributed by atoms with van der Waals surface area (Å²) in [6.45, 7) is 2.86. The molecule has 0 aromatic heterocycles. The molecular weight excluding hydrogens is 282 g/mol. The van der Waals surface area contributed by atoms with Crippen LogP contribution in [0.2, 0.25) is 5.02 Å². The summed E-state index contributed by atoms with van der Waals surface area (Å²) < 4.78 is 0. The third kappa shape index (κ3) is 3.46. The fourth-order valence-corrected chi connectivity index (χ4v) is 2.94. The molecule has 0 fully saturated rings. The lowest BCUT2D eigenvalue weighted by Crippen LogP contribution is -2.40. The number of nitrogens with zero attached hydrogens (tertiary/aromatic N) is 1. The minimum atomic E-state index is -1.03. The number of aliphatic hydroxyl groups is 1. The van der Waals surface area contributed by atoms with Crippen LogP contribution in [0.1, 0.15) is 18.1 Å². The normalized spacial score (nSPS) is 15.7. The molecule has 1 N–H and O–H groups in total. The van der Waals surface area contributed by atoms with Crippen molar-refractivity contribution in [3.05, 3.63) is 70.7 Å². The second-order valence-electron chi connectivity index (χ2n) is 5.80. The molecule has 2 atom stereocenters. The average Bonchev–Trinajstić information content (AvgIpc) is 2.47. The maximum Gasteiger partial charge on any atom is 0.118 e. The molecular formula is C18H22ClNO. The Balaban J connectivity index is 2.50. The van der Waals surface area contributed by atoms with Crippen molar-refractivity contribution in [2.75, 3.05) is 20.6 Å². The van der Waals surface area contributed by atoms with Gasteiger partial charge in [-0.25, -0.2) is 0 Å². The molecule has 0 radical (unpaired) electrons. The van der Waals surface area contributed by atoms with Crippen molar-refractivity contribution in [1.29, 1.82) is 0 Å². The molecule has 0 saturated carbocycles. The van der Waals surface area contributed by atoms with Crippen LogP contribution in [-0.4, -0.2) is 30.6 Å². The van der Waals surface area contributed by atoms with Gasteiger partial charge in [0, 0.05) is 17.5 Å². The van der Waals surface area contributed by atoms with Crippen molar-refractivity contribution in [3.8, 4) is 0 Å². The minimum absolute atomic E-state index is 0.0380. The van der Waals surface area contributed by atoms with Gasteiger partial charge in [0.2, 0.25) is 0 Å². The van der Waals surface area contributed by atoms with E-state index < -0.39 is 5.60 Å². The highest BCUT2D eigenvalue weighted by molar-refractivity contribution is 6.30. The molecule has 0 aliphatic rings. The SMILES string of the molecule is C[C@H](CN(C)C)[C@@](O)(c1ccccc1)c1ccc(Cl)cc1. The van der Waals surface area contributed by atoms with Crippen LogP contribution in [0, 0.1) is 5.92 Å². The van der Waals surface area contributed by atoms with E-state index in [9.17, 15) is 5.11 Å². The van der Waals surface area contributed by atoms with Crippen molar-refractivity contribution in [2.24, 2.45) is 5.92 Å². The molecule has 0 heterocycles. The molecule has 0 aliphatic heterocycles. The van der Waals surface area contributed by atoms with Crippen LogP contribution in [0.15, 0.2) is 54.6 Å². The lowest BCUT2D eigenvalue weighted by Gasteiger charge is -2.36. The third-order valence-electron chi connectivity index (χ3n) is 3.85. The molecule has 0 unspecified atom stereocenters. The average molecular weight is 304 g/mol. The van der Waals surface area contributed by atoms with Crippen molar-refractivity contribution in [3.63, 3.8) is 0 Å². The Kier molecular flexibility index (Phi) is 5.04. The number of halogens is 1. The Labute approximate surface area is 132 Å². The van der Waals surface area contributed by atoms with Gasteiger partial charge in [-0.05, 0) is 37.4 Å². The molecule has 0 amide bonds. The molecule has 3 heteroatoms. The number of hydrogen-bond donors (Lipinski definition) is 1. The van der Waals surface area contributed by atoms with E-state index in [-0.39, 0.29) is 5.92 Å². The molecule has 2 nitrogen and oxygen atoms in total. The number of benzene rings is 2. The third-order valence-corrected chi connectivity index (χ3v) is 4.10. The number of rotatable bonds is 5. The monoisotopic (exact) mass is 303 g/mol. The predicted molar refractivity (Wildman–Crippen MR) is 88.6 cm³/mol. The van der Waals surface area contributed by atoms with Gasteiger partial charge in [-0.1, -0.05) is 61.0 Å². The highest BCUT2D eigenvalue weighted by atomic mass is 35.5. The van der Waals surface area contributed by atoms with E-state index in [1.807, 2.05) is 68.7 Å². The first-order valence-electron chi connectivity index (χ1n) is 7.13. The summed E-state index contributed by atoms with van der Waals surface area (Å²) in [5.74, 6) is 0.0380. The molecule has 0 saturated heterocycles. The maximum atomic E-state index is 11.5. The van der Waals surface area contributed by atoms with Crippen LogP contribution in [0.4, 0.5) is 0 Å². The Morgan fingerprint density at radius 3 is 2.05 bits per heavy atom. The Hall–Kier alpha value is -1.35. The van der Waals surface area contributed by atoms with Gasteiger partial charge in [0.25, 0.3) is 0 Å². The van der Waals surface area contributed by atoms with E-state index in [1.165, 1.54) is 0 Å². The molecule has 2 aromatic carbocycles. The minimum Gasteiger partial charge on any atom is -0.380 e. The van der Waals surface area contributed by atoms with Crippen molar-refractivity contribution >= 4 is 11.6 Å². The van der Waals surface area contributed by atoms with Gasteiger partial charge < -0.3 is 10.0 Å². The van der Waals surface area contributed by atoms with E-state index in [0.29, 0.717) is 5.02 Å². The van der Waals surface area contributed by atoms with Crippen LogP contribution < -0.4 is 0 Å². The summed E-state index contributed by atoms with van der Waals surface area (Å²) in [6.07, 6.45) is 0. The van der Waals surface area contributed by atoms with Gasteiger partial charge in [-0.3, -0.25) is 0 Å². The van der Waals surface area contributed by atoms with Crippen molar-refractivity contribution < 1.29 is 5.11 Å². The van der Waals surface area contributed by atoms with Gasteiger partial charge >= 0.3 is 0 Å².